The fraction of sp³-hybridized carbons (Fsp3) is 0.471. The molecule has 0 unspecified atom stereocenters. The summed E-state index contributed by atoms with van der Waals surface area (Å²) in [7, 11) is 0. The normalized spacial score (nSPS) is 17.4. The third-order valence-electron chi connectivity index (χ3n) is 4.40. The minimum Gasteiger partial charge on any atom is -0.360 e. The number of piperidine rings is 1. The van der Waals surface area contributed by atoms with E-state index in [1.165, 1.54) is 0 Å². The lowest BCUT2D eigenvalue weighted by Crippen LogP contribution is -2.40. The summed E-state index contributed by atoms with van der Waals surface area (Å²) >= 11 is 0. The number of H-pyrrole nitrogens is 1. The van der Waals surface area contributed by atoms with Crippen LogP contribution in [0.3, 0.4) is 0 Å². The summed E-state index contributed by atoms with van der Waals surface area (Å²) in [5, 5.41) is 1.03. The maximum Gasteiger partial charge on any atom is 0.165 e. The van der Waals surface area contributed by atoms with E-state index < -0.39 is 0 Å². The van der Waals surface area contributed by atoms with Gasteiger partial charge >= 0.3 is 0 Å². The topological polar surface area (TPSA) is 62.1 Å². The van der Waals surface area contributed by atoms with Gasteiger partial charge in [-0.1, -0.05) is 18.2 Å². The maximum atomic E-state index is 12.4. The summed E-state index contributed by atoms with van der Waals surface area (Å²) in [6, 6.07) is 8.33. The van der Waals surface area contributed by atoms with Crippen LogP contribution >= 0.6 is 0 Å². The Morgan fingerprint density at radius 3 is 2.86 bits per heavy atom. The number of carbonyl (C=O) groups excluding carboxylic acids is 1. The first-order valence-corrected chi connectivity index (χ1v) is 7.81. The highest BCUT2D eigenvalue weighted by atomic mass is 16.1. The molecule has 1 aliphatic rings. The molecule has 4 heteroatoms. The molecule has 1 saturated heterocycles. The van der Waals surface area contributed by atoms with Crippen LogP contribution in [0.4, 0.5) is 0 Å². The van der Waals surface area contributed by atoms with Crippen molar-refractivity contribution < 1.29 is 4.79 Å². The van der Waals surface area contributed by atoms with Crippen LogP contribution in [0.1, 0.15) is 36.0 Å². The van der Waals surface area contributed by atoms with Gasteiger partial charge in [-0.05, 0) is 45.0 Å². The zero-order valence-electron chi connectivity index (χ0n) is 12.3. The molecule has 2 aromatic rings. The number of likely N-dealkylation sites (tertiary alicyclic amines) is 1. The molecule has 0 amide bonds. The van der Waals surface area contributed by atoms with Gasteiger partial charge in [0.05, 0.1) is 0 Å². The standard InChI is InChI=1S/C17H23N3O/c18-13-7-10-20(11-8-13)9-3-6-17(21)15-12-19-16-5-2-1-4-14(15)16/h1-2,4-5,12-13,19H,3,6-11,18H2. The number of para-hydroxylation sites is 1. The Morgan fingerprint density at radius 1 is 1.29 bits per heavy atom. The Kier molecular flexibility index (Phi) is 4.36. The third-order valence-corrected chi connectivity index (χ3v) is 4.40. The van der Waals surface area contributed by atoms with Gasteiger partial charge in [-0.3, -0.25) is 4.79 Å². The molecule has 1 aromatic carbocycles. The molecule has 0 radical (unpaired) electrons. The molecule has 4 nitrogen and oxygen atoms in total. The van der Waals surface area contributed by atoms with Crippen LogP contribution in [-0.2, 0) is 0 Å². The van der Waals surface area contributed by atoms with E-state index in [0.29, 0.717) is 12.5 Å². The highest BCUT2D eigenvalue weighted by Gasteiger charge is 2.16. The van der Waals surface area contributed by atoms with Crippen molar-refractivity contribution in [2.45, 2.75) is 31.7 Å². The molecule has 2 heterocycles. The van der Waals surface area contributed by atoms with Gasteiger partial charge in [0.1, 0.15) is 0 Å². The molecule has 0 aliphatic carbocycles. The second-order valence-electron chi connectivity index (χ2n) is 5.95. The smallest absolute Gasteiger partial charge is 0.165 e. The fourth-order valence-corrected chi connectivity index (χ4v) is 3.08. The second kappa shape index (κ2) is 6.41. The molecular weight excluding hydrogens is 262 g/mol. The molecule has 3 N–H and O–H groups in total. The van der Waals surface area contributed by atoms with Crippen molar-refractivity contribution in [2.24, 2.45) is 5.73 Å². The van der Waals surface area contributed by atoms with Gasteiger partial charge in [-0.15, -0.1) is 0 Å². The minimum absolute atomic E-state index is 0.237. The number of aromatic amines is 1. The number of rotatable bonds is 5. The molecule has 0 bridgehead atoms. The van der Waals surface area contributed by atoms with Crippen molar-refractivity contribution >= 4 is 16.7 Å². The summed E-state index contributed by atoms with van der Waals surface area (Å²) in [4.78, 5) is 17.9. The lowest BCUT2D eigenvalue weighted by molar-refractivity contribution is 0.0974. The van der Waals surface area contributed by atoms with Crippen LogP contribution in [0.15, 0.2) is 30.5 Å². The van der Waals surface area contributed by atoms with Gasteiger partial charge < -0.3 is 15.6 Å². The highest BCUT2D eigenvalue weighted by molar-refractivity contribution is 6.07. The quantitative estimate of drug-likeness (QED) is 0.830. The molecule has 0 saturated carbocycles. The van der Waals surface area contributed by atoms with Crippen molar-refractivity contribution in [3.05, 3.63) is 36.0 Å². The summed E-state index contributed by atoms with van der Waals surface area (Å²) in [6.45, 7) is 3.14. The predicted octanol–water partition coefficient (Wildman–Crippen LogP) is 2.55. The Hall–Kier alpha value is -1.65. The molecule has 1 fully saturated rings. The van der Waals surface area contributed by atoms with Gasteiger partial charge in [0, 0.05) is 35.1 Å². The van der Waals surface area contributed by atoms with Crippen molar-refractivity contribution in [3.8, 4) is 0 Å². The van der Waals surface area contributed by atoms with E-state index in [-0.39, 0.29) is 5.78 Å². The molecule has 21 heavy (non-hydrogen) atoms. The van der Waals surface area contributed by atoms with Crippen LogP contribution in [0, 0.1) is 0 Å². The van der Waals surface area contributed by atoms with Gasteiger partial charge in [0.15, 0.2) is 5.78 Å². The zero-order chi connectivity index (χ0) is 14.7. The number of hydrogen-bond acceptors (Lipinski definition) is 3. The number of carbonyl (C=O) groups is 1. The number of fused-ring (bicyclic) bond motifs is 1. The van der Waals surface area contributed by atoms with Gasteiger partial charge in [-0.25, -0.2) is 0 Å². The number of aromatic nitrogens is 1. The summed E-state index contributed by atoms with van der Waals surface area (Å²) in [5.74, 6) is 0.237. The van der Waals surface area contributed by atoms with Crippen molar-refractivity contribution in [1.82, 2.24) is 9.88 Å². The van der Waals surface area contributed by atoms with Crippen molar-refractivity contribution in [3.63, 3.8) is 0 Å². The van der Waals surface area contributed by atoms with Gasteiger partial charge in [0.2, 0.25) is 0 Å². The zero-order valence-corrected chi connectivity index (χ0v) is 12.3. The summed E-state index contributed by atoms with van der Waals surface area (Å²) in [5.41, 5.74) is 7.77. The molecule has 0 atom stereocenters. The summed E-state index contributed by atoms with van der Waals surface area (Å²) < 4.78 is 0. The number of nitrogens with two attached hydrogens (primary N) is 1. The molecule has 0 spiro atoms. The van der Waals surface area contributed by atoms with Crippen molar-refractivity contribution in [2.75, 3.05) is 19.6 Å². The minimum atomic E-state index is 0.237. The fourth-order valence-electron chi connectivity index (χ4n) is 3.08. The van der Waals surface area contributed by atoms with Crippen LogP contribution in [-0.4, -0.2) is 41.3 Å². The number of hydrogen-bond donors (Lipinski definition) is 2. The van der Waals surface area contributed by atoms with E-state index >= 15 is 0 Å². The first-order chi connectivity index (χ1) is 10.2. The van der Waals surface area contributed by atoms with E-state index in [1.807, 2.05) is 30.5 Å². The average Bonchev–Trinajstić information content (AvgIpc) is 2.93. The van der Waals surface area contributed by atoms with E-state index in [2.05, 4.69) is 9.88 Å². The Labute approximate surface area is 125 Å². The number of nitrogens with one attached hydrogen (secondary N) is 1. The number of benzene rings is 1. The van der Waals surface area contributed by atoms with Crippen LogP contribution in [0.25, 0.3) is 10.9 Å². The van der Waals surface area contributed by atoms with E-state index in [9.17, 15) is 4.79 Å². The Bertz CT molecular complexity index is 611. The number of ketones is 1. The van der Waals surface area contributed by atoms with E-state index in [0.717, 1.165) is 55.4 Å². The second-order valence-corrected chi connectivity index (χ2v) is 5.95. The molecule has 112 valence electrons. The maximum absolute atomic E-state index is 12.4. The van der Waals surface area contributed by atoms with Crippen LogP contribution < -0.4 is 5.73 Å². The highest BCUT2D eigenvalue weighted by Crippen LogP contribution is 2.19. The lowest BCUT2D eigenvalue weighted by Gasteiger charge is -2.29. The molecule has 1 aromatic heterocycles. The summed E-state index contributed by atoms with van der Waals surface area (Å²) in [6.07, 6.45) is 5.54. The Balaban J connectivity index is 1.52. The van der Waals surface area contributed by atoms with E-state index in [4.69, 9.17) is 5.73 Å². The van der Waals surface area contributed by atoms with E-state index in [1.54, 1.807) is 0 Å². The predicted molar refractivity (Wildman–Crippen MR) is 85.5 cm³/mol. The van der Waals surface area contributed by atoms with Crippen LogP contribution in [0.2, 0.25) is 0 Å². The SMILES string of the molecule is NC1CCN(CCCC(=O)c2c[nH]c3ccccc23)CC1. The third kappa shape index (κ3) is 3.34. The average molecular weight is 285 g/mol. The van der Waals surface area contributed by atoms with Crippen LogP contribution in [0.5, 0.6) is 0 Å². The van der Waals surface area contributed by atoms with Gasteiger partial charge in [0.25, 0.3) is 0 Å². The number of nitrogens with zero attached hydrogens (tertiary/aromatic N) is 1. The molecular formula is C17H23N3O. The molecule has 3 rings (SSSR count). The lowest BCUT2D eigenvalue weighted by atomic mass is 10.0. The number of Topliss-reactive ketones (excluding diaryl/α,β-unsaturated/α-hetero) is 1. The monoisotopic (exact) mass is 285 g/mol. The first-order valence-electron chi connectivity index (χ1n) is 7.81. The van der Waals surface area contributed by atoms with Gasteiger partial charge in [-0.2, -0.15) is 0 Å². The first kappa shape index (κ1) is 14.3. The largest absolute Gasteiger partial charge is 0.360 e. The Morgan fingerprint density at radius 2 is 2.05 bits per heavy atom. The van der Waals surface area contributed by atoms with Crippen molar-refractivity contribution in [1.29, 1.82) is 0 Å². The molecule has 1 aliphatic heterocycles.